The molecule has 1 saturated heterocycles. The van der Waals surface area contributed by atoms with E-state index in [1.807, 2.05) is 66.7 Å². The number of urea groups is 2. The average Bonchev–Trinajstić information content (AvgIpc) is 1.73. The zero-order chi connectivity index (χ0) is 98.5. The quantitative estimate of drug-likeness (QED) is 0.0682. The van der Waals surface area contributed by atoms with Crippen LogP contribution in [0.2, 0.25) is 0 Å². The molecule has 0 atom stereocenters. The molecule has 0 saturated carbocycles. The van der Waals surface area contributed by atoms with Gasteiger partial charge in [-0.2, -0.15) is 4.31 Å². The number of benzene rings is 1. The number of carbonyl (C=O) groups excluding carboxylic acids is 7. The van der Waals surface area contributed by atoms with E-state index >= 15 is 0 Å². The van der Waals surface area contributed by atoms with Crippen molar-refractivity contribution >= 4 is 180 Å². The molecule has 16 rings (SSSR count). The molecule has 7 aliphatic rings. The van der Waals surface area contributed by atoms with Crippen LogP contribution in [0, 0.1) is 4.91 Å². The third-order valence-electron chi connectivity index (χ3n) is 20.1. The summed E-state index contributed by atoms with van der Waals surface area (Å²) in [4.78, 5) is 128. The van der Waals surface area contributed by atoms with E-state index in [2.05, 4.69) is 135 Å². The van der Waals surface area contributed by atoms with Crippen LogP contribution in [0.5, 0.6) is 0 Å². The van der Waals surface area contributed by atoms with Crippen molar-refractivity contribution in [2.75, 3.05) is 82.6 Å². The summed E-state index contributed by atoms with van der Waals surface area (Å²) >= 11 is 11.2. The largest absolute Gasteiger partial charge is 0.496 e. The van der Waals surface area contributed by atoms with Gasteiger partial charge < -0.3 is 40.9 Å². The van der Waals surface area contributed by atoms with Crippen molar-refractivity contribution in [3.63, 3.8) is 0 Å². The number of aryl methyl sites for hydroxylation is 1. The first-order chi connectivity index (χ1) is 62.2. The van der Waals surface area contributed by atoms with Gasteiger partial charge in [0.25, 0.3) is 29.1 Å². The molecular weight excluding hydrogens is 2100 g/mol. The number of hydrogen-bond donors (Lipinski definition) is 4. The Hall–Kier alpha value is -10.2. The lowest BCUT2D eigenvalue weighted by molar-refractivity contribution is -0.0153. The summed E-state index contributed by atoms with van der Waals surface area (Å²) in [7, 11) is -0.302. The van der Waals surface area contributed by atoms with Gasteiger partial charge >= 0.3 is 37.3 Å². The number of hydrogen-bond acceptors (Lipinski definition) is 23. The van der Waals surface area contributed by atoms with Gasteiger partial charge in [0.2, 0.25) is 0 Å². The molecule has 714 valence electrons. The molecule has 0 spiro atoms. The molecule has 7 aliphatic heterocycles. The number of Topliss-reactive ketones (excluding diaryl/α,β-unsaturated/α-hetero) is 2. The number of amides is 7. The molecule has 1 fully saturated rings. The lowest BCUT2D eigenvalue weighted by Gasteiger charge is -2.32. The standard InChI is InChI=1S/C14H12F2N4O.C13H15BrN2O3.C13H17BrN2O2.C11H16BNO2.C9H8BrF2N3O.C8H7BrF2N2.C8H7BrN2O.C7H5NO2.C4H10F3NS/c15-14(16)3-5-20(13(17)21)12-11(14)6-10(8-19-12)9-2-1-4-18-7-9;1-13(2,3)19-12(18)16-5-4-10(17)9-6-8(14)7-15-11(9)16;1-13(2,3)18-12(17)16-6-4-5-9-7-10(14)8-15-11(9)16;1-10(2)11(3,4)15-12(14-10)9-6-5-7-13-8-9;10-5-3-6-7(14-4-5)15(8(13)16)2-1-9(6,11)12;9-5-3-6-7(13-4-5)12-2-1-8(6,10)11;9-5-3-6-7(12)1-2-10-8(6)11-4-5;9-7(8-10)6-4-2-1-3-5-6;1-3-8(4-2)9(5,6)7/h1-2,4,6-8H,3,5H2,(H2,17,21);6-7H,4-5H2,1-3H3;7-8H,4-6H2,1-3H3;5-8H,1-4H3;3-4H,1-2H2,(H2,13,16);3-4H,1-2H2,(H,12,13);3-4H,1-2H2,(H,10,11);1-5H;3-4H2,1-2H3. The maximum Gasteiger partial charge on any atom is 0.496 e. The molecule has 46 heteroatoms. The minimum absolute atomic E-state index is 0.0105. The number of ether oxygens (including phenoxy) is 2. The van der Waals surface area contributed by atoms with Crippen LogP contribution in [-0.4, -0.2) is 168 Å². The topological polar surface area (TPSA) is 381 Å². The molecule has 0 aliphatic carbocycles. The first-order valence-corrected chi connectivity index (χ1v) is 46.3. The number of anilines is 6. The van der Waals surface area contributed by atoms with E-state index in [1.165, 1.54) is 55.5 Å². The van der Waals surface area contributed by atoms with Gasteiger partial charge in [0.1, 0.15) is 46.1 Å². The monoisotopic (exact) mass is 2190 g/mol. The third kappa shape index (κ3) is 30.6. The van der Waals surface area contributed by atoms with Crippen molar-refractivity contribution in [2.24, 2.45) is 16.6 Å². The molecule has 0 bridgehead atoms. The van der Waals surface area contributed by atoms with E-state index in [4.69, 9.17) is 30.2 Å². The SMILES string of the molecule is CC(C)(C)OC(=O)N1CCC(=O)c2cc(Br)cnc21.CC(C)(C)OC(=O)N1CCCc2cc(Br)cnc21.CC1(C)OB(c2cccnc2)OC1(C)C.CCN(CC)S(F)(F)F.FC1(F)CCNc2ncc(Br)cc21.NC(=O)N1CCC(F)(F)c2cc(-c3cccnc3)cnc21.NC(=O)N1CCC(F)(F)c2cc(Br)cnc21.O=C1CCNc2ncc(Br)cc21.O=NC(=O)c1ccccc1. The highest BCUT2D eigenvalue weighted by Crippen LogP contribution is 2.56. The van der Waals surface area contributed by atoms with Crippen molar-refractivity contribution in [1.29, 1.82) is 0 Å². The number of aromatic nitrogens is 8. The molecule has 1 aromatic carbocycles. The fourth-order valence-corrected chi connectivity index (χ4v) is 15.2. The van der Waals surface area contributed by atoms with Crippen LogP contribution < -0.4 is 47.2 Å². The smallest absolute Gasteiger partial charge is 0.443 e. The van der Waals surface area contributed by atoms with Crippen LogP contribution in [0.15, 0.2) is 181 Å². The van der Waals surface area contributed by atoms with Gasteiger partial charge in [0.15, 0.2) is 11.6 Å². The summed E-state index contributed by atoms with van der Waals surface area (Å²) in [5.41, 5.74) is 12.8. The number of nitrogens with zero attached hydrogens (tertiary/aromatic N) is 14. The van der Waals surface area contributed by atoms with E-state index in [-0.39, 0.29) is 110 Å². The Balaban J connectivity index is 0.000000186. The zero-order valence-corrected chi connectivity index (χ0v) is 82.9. The summed E-state index contributed by atoms with van der Waals surface area (Å²) in [6.07, 6.45) is 16.8. The summed E-state index contributed by atoms with van der Waals surface area (Å²) in [6, 6.07) is 23.5. The van der Waals surface area contributed by atoms with Crippen molar-refractivity contribution in [1.82, 2.24) is 44.2 Å². The van der Waals surface area contributed by atoms with Gasteiger partial charge in [0.05, 0.1) is 39.0 Å². The first-order valence-electron chi connectivity index (χ1n) is 41.1. The second-order valence-corrected chi connectivity index (χ2v) is 38.5. The van der Waals surface area contributed by atoms with Gasteiger partial charge in [-0.15, -0.1) is 16.6 Å². The number of rotatable bonds is 6. The molecule has 0 unspecified atom stereocenters. The number of primary amides is 2. The number of ketones is 2. The van der Waals surface area contributed by atoms with E-state index in [0.29, 0.717) is 89.0 Å². The number of halogens is 14. The minimum atomic E-state index is -4.93. The van der Waals surface area contributed by atoms with Gasteiger partial charge in [-0.1, -0.05) is 44.2 Å². The Bertz CT molecular complexity index is 5580. The lowest BCUT2D eigenvalue weighted by atomic mass is 9.80. The Morgan fingerprint density at radius 2 is 0.970 bits per heavy atom. The zero-order valence-electron chi connectivity index (χ0n) is 74.1. The Morgan fingerprint density at radius 1 is 0.511 bits per heavy atom. The highest BCUT2D eigenvalue weighted by molar-refractivity contribution is 9.11. The normalized spacial score (nSPS) is 16.5. The molecule has 133 heavy (non-hydrogen) atoms. The second kappa shape index (κ2) is 46.8. The average molecular weight is 2200 g/mol. The van der Waals surface area contributed by atoms with E-state index < -0.39 is 77.2 Å². The summed E-state index contributed by atoms with van der Waals surface area (Å²) in [5.74, 6) is -7.39. The summed E-state index contributed by atoms with van der Waals surface area (Å²) in [5, 5.41) is 8.17. The highest BCUT2D eigenvalue weighted by atomic mass is 79.9. The Kier molecular flexibility index (Phi) is 38.1. The Labute approximate surface area is 806 Å². The fraction of sp³-hybridized carbons (Fsp3) is 0.391. The lowest BCUT2D eigenvalue weighted by Crippen LogP contribution is -2.43. The molecule has 9 aromatic rings. The molecule has 6 N–H and O–H groups in total. The summed E-state index contributed by atoms with van der Waals surface area (Å²) in [6.45, 7) is 24.0. The van der Waals surface area contributed by atoms with Gasteiger partial charge in [0, 0.05) is 196 Å². The maximum atomic E-state index is 14.1. The molecular formula is C87H97BBr5F9N18O12S. The van der Waals surface area contributed by atoms with Crippen LogP contribution in [0.25, 0.3) is 11.1 Å². The van der Waals surface area contributed by atoms with Crippen LogP contribution in [0.1, 0.15) is 175 Å². The predicted molar refractivity (Wildman–Crippen MR) is 507 cm³/mol. The minimum Gasteiger partial charge on any atom is -0.443 e. The van der Waals surface area contributed by atoms with Gasteiger partial charge in [-0.3, -0.25) is 44.0 Å². The van der Waals surface area contributed by atoms with Crippen molar-refractivity contribution in [3.8, 4) is 11.1 Å². The molecule has 8 aromatic heterocycles. The van der Waals surface area contributed by atoms with E-state index in [1.54, 1.807) is 124 Å². The van der Waals surface area contributed by atoms with Crippen molar-refractivity contribution < 1.29 is 90.3 Å². The molecule has 30 nitrogen and oxygen atoms in total. The molecule has 15 heterocycles. The Morgan fingerprint density at radius 3 is 1.47 bits per heavy atom. The van der Waals surface area contributed by atoms with Crippen molar-refractivity contribution in [2.45, 2.75) is 168 Å². The fourth-order valence-electron chi connectivity index (χ4n) is 12.9. The van der Waals surface area contributed by atoms with Crippen LogP contribution in [0.3, 0.4) is 0 Å². The molecule has 7 amide bonds. The maximum absolute atomic E-state index is 14.1. The van der Waals surface area contributed by atoms with Crippen LogP contribution in [0.4, 0.5) is 92.1 Å². The van der Waals surface area contributed by atoms with Gasteiger partial charge in [-0.05, 0) is 228 Å². The van der Waals surface area contributed by atoms with E-state index in [0.717, 1.165) is 48.4 Å². The number of alkyl halides is 6. The third-order valence-corrected chi connectivity index (χ3v) is 23.4. The van der Waals surface area contributed by atoms with Crippen molar-refractivity contribution in [3.05, 3.63) is 219 Å². The molecule has 0 radical (unpaired) electrons. The van der Waals surface area contributed by atoms with Gasteiger partial charge in [-0.25, -0.2) is 75.4 Å². The number of carbonyl (C=O) groups is 7. The second-order valence-electron chi connectivity index (χ2n) is 32.7. The number of nitrogens with two attached hydrogens (primary N) is 2. The predicted octanol–water partition coefficient (Wildman–Crippen LogP) is 21.7. The number of pyridine rings is 8. The number of nitrogens with one attached hydrogen (secondary N) is 2. The van der Waals surface area contributed by atoms with E-state index in [9.17, 15) is 76.5 Å². The number of nitroso groups, excluding NO2 is 1. The summed E-state index contributed by atoms with van der Waals surface area (Å²) < 4.78 is 144. The number of fused-ring (bicyclic) bond motifs is 6. The first kappa shape index (κ1) is 108. The highest BCUT2D eigenvalue weighted by Gasteiger charge is 2.52. The van der Waals surface area contributed by atoms with Crippen LogP contribution in [-0.2, 0) is 43.0 Å². The van der Waals surface area contributed by atoms with Crippen LogP contribution >= 0.6 is 91.0 Å².